The first-order valence-electron chi connectivity index (χ1n) is 6.25. The minimum absolute atomic E-state index is 0.0668. The minimum atomic E-state index is -0.804. The molecule has 1 rings (SSSR count). The van der Waals surface area contributed by atoms with Crippen molar-refractivity contribution < 1.29 is 19.4 Å². The summed E-state index contributed by atoms with van der Waals surface area (Å²) in [7, 11) is 0. The Balaban J connectivity index is 2.23. The van der Waals surface area contributed by atoms with E-state index in [2.05, 4.69) is 5.32 Å². The van der Waals surface area contributed by atoms with Gasteiger partial charge in [-0.15, -0.1) is 0 Å². The maximum absolute atomic E-state index is 11.6. The largest absolute Gasteiger partial charge is 0.481 e. The first kappa shape index (κ1) is 14.0. The zero-order valence-corrected chi connectivity index (χ0v) is 10.3. The fourth-order valence-electron chi connectivity index (χ4n) is 2.19. The standard InChI is InChI=1S/C12H21NO4/c1-2-17-8-4-7-11(14)13-10-6-3-5-9(10)12(15)16/h9-10H,2-8H2,1H3,(H,13,14)(H,15,16). The molecule has 5 nitrogen and oxygen atoms in total. The summed E-state index contributed by atoms with van der Waals surface area (Å²) in [6, 6.07) is -0.188. The Morgan fingerprint density at radius 2 is 2.18 bits per heavy atom. The zero-order valence-electron chi connectivity index (χ0n) is 10.3. The number of ether oxygens (including phenoxy) is 1. The SMILES string of the molecule is CCOCCCC(=O)NC1CCCC1C(=O)O. The molecule has 1 saturated carbocycles. The summed E-state index contributed by atoms with van der Waals surface area (Å²) in [5.74, 6) is -1.28. The first-order chi connectivity index (χ1) is 8.15. The summed E-state index contributed by atoms with van der Waals surface area (Å²) in [5.41, 5.74) is 0. The van der Waals surface area contributed by atoms with Crippen LogP contribution in [-0.4, -0.2) is 36.2 Å². The number of carboxylic acids is 1. The van der Waals surface area contributed by atoms with Gasteiger partial charge in [0.25, 0.3) is 0 Å². The van der Waals surface area contributed by atoms with Gasteiger partial charge in [-0.25, -0.2) is 0 Å². The third-order valence-electron chi connectivity index (χ3n) is 3.08. The summed E-state index contributed by atoms with van der Waals surface area (Å²) < 4.78 is 5.14. The average Bonchev–Trinajstić information content (AvgIpc) is 2.72. The minimum Gasteiger partial charge on any atom is -0.481 e. The molecule has 1 aliphatic carbocycles. The van der Waals surface area contributed by atoms with Crippen molar-refractivity contribution in [2.24, 2.45) is 5.92 Å². The van der Waals surface area contributed by atoms with Crippen molar-refractivity contribution in [1.29, 1.82) is 0 Å². The predicted molar refractivity (Wildman–Crippen MR) is 62.6 cm³/mol. The van der Waals surface area contributed by atoms with Gasteiger partial charge in [-0.2, -0.15) is 0 Å². The van der Waals surface area contributed by atoms with E-state index in [1.165, 1.54) is 0 Å². The van der Waals surface area contributed by atoms with Gasteiger partial charge in [0.1, 0.15) is 0 Å². The molecule has 0 radical (unpaired) electrons. The van der Waals surface area contributed by atoms with Crippen molar-refractivity contribution in [2.75, 3.05) is 13.2 Å². The smallest absolute Gasteiger partial charge is 0.308 e. The molecule has 98 valence electrons. The van der Waals surface area contributed by atoms with Crippen LogP contribution in [0.15, 0.2) is 0 Å². The molecular weight excluding hydrogens is 222 g/mol. The van der Waals surface area contributed by atoms with Crippen LogP contribution in [0.3, 0.4) is 0 Å². The third-order valence-corrected chi connectivity index (χ3v) is 3.08. The zero-order chi connectivity index (χ0) is 12.7. The average molecular weight is 243 g/mol. The summed E-state index contributed by atoms with van der Waals surface area (Å²) in [6.07, 6.45) is 3.40. The Morgan fingerprint density at radius 1 is 1.41 bits per heavy atom. The van der Waals surface area contributed by atoms with Crippen molar-refractivity contribution in [3.05, 3.63) is 0 Å². The second kappa shape index (κ2) is 7.27. The van der Waals surface area contributed by atoms with E-state index < -0.39 is 11.9 Å². The third kappa shape index (κ3) is 4.73. The number of amides is 1. The normalized spacial score (nSPS) is 23.6. The highest BCUT2D eigenvalue weighted by atomic mass is 16.5. The highest BCUT2D eigenvalue weighted by Crippen LogP contribution is 2.25. The van der Waals surface area contributed by atoms with Gasteiger partial charge < -0.3 is 15.2 Å². The van der Waals surface area contributed by atoms with Crippen LogP contribution in [0.2, 0.25) is 0 Å². The van der Waals surface area contributed by atoms with Gasteiger partial charge in [0, 0.05) is 25.7 Å². The Kier molecular flexibility index (Phi) is 5.97. The molecule has 5 heteroatoms. The number of carbonyl (C=O) groups excluding carboxylic acids is 1. The molecule has 0 aromatic heterocycles. The molecule has 1 fully saturated rings. The lowest BCUT2D eigenvalue weighted by molar-refractivity contribution is -0.142. The summed E-state index contributed by atoms with van der Waals surface area (Å²) in [6.45, 7) is 3.15. The monoisotopic (exact) mass is 243 g/mol. The van der Waals surface area contributed by atoms with Crippen molar-refractivity contribution in [3.8, 4) is 0 Å². The highest BCUT2D eigenvalue weighted by molar-refractivity contribution is 5.78. The summed E-state index contributed by atoms with van der Waals surface area (Å²) in [4.78, 5) is 22.5. The number of nitrogens with one attached hydrogen (secondary N) is 1. The maximum Gasteiger partial charge on any atom is 0.308 e. The van der Waals surface area contributed by atoms with Crippen LogP contribution in [0, 0.1) is 5.92 Å². The Hall–Kier alpha value is -1.10. The van der Waals surface area contributed by atoms with Crippen molar-refractivity contribution in [1.82, 2.24) is 5.32 Å². The quantitative estimate of drug-likeness (QED) is 0.658. The number of aliphatic carboxylic acids is 1. The Labute approximate surface area is 102 Å². The van der Waals surface area contributed by atoms with Gasteiger partial charge in [0.15, 0.2) is 0 Å². The van der Waals surface area contributed by atoms with Gasteiger partial charge in [-0.3, -0.25) is 9.59 Å². The molecule has 1 aliphatic rings. The van der Waals surface area contributed by atoms with Crippen LogP contribution in [0.25, 0.3) is 0 Å². The number of carbonyl (C=O) groups is 2. The van der Waals surface area contributed by atoms with E-state index in [0.29, 0.717) is 32.5 Å². The van der Waals surface area contributed by atoms with E-state index in [1.54, 1.807) is 0 Å². The molecule has 0 saturated heterocycles. The molecule has 2 unspecified atom stereocenters. The van der Waals surface area contributed by atoms with Gasteiger partial charge in [0.05, 0.1) is 5.92 Å². The van der Waals surface area contributed by atoms with Gasteiger partial charge in [-0.05, 0) is 26.2 Å². The molecule has 0 heterocycles. The molecule has 2 atom stereocenters. The lowest BCUT2D eigenvalue weighted by Crippen LogP contribution is -2.40. The molecule has 0 bridgehead atoms. The molecule has 0 aromatic carbocycles. The summed E-state index contributed by atoms with van der Waals surface area (Å²) in [5, 5.41) is 11.8. The highest BCUT2D eigenvalue weighted by Gasteiger charge is 2.33. The van der Waals surface area contributed by atoms with E-state index in [1.807, 2.05) is 6.92 Å². The van der Waals surface area contributed by atoms with Gasteiger partial charge in [-0.1, -0.05) is 6.42 Å². The number of hydrogen-bond acceptors (Lipinski definition) is 3. The van der Waals surface area contributed by atoms with Crippen LogP contribution in [0.5, 0.6) is 0 Å². The van der Waals surface area contributed by atoms with Crippen molar-refractivity contribution in [2.45, 2.75) is 45.1 Å². The van der Waals surface area contributed by atoms with Crippen molar-refractivity contribution in [3.63, 3.8) is 0 Å². The van der Waals surface area contributed by atoms with Crippen LogP contribution in [0.1, 0.15) is 39.0 Å². The molecule has 2 N–H and O–H groups in total. The van der Waals surface area contributed by atoms with E-state index in [0.717, 1.165) is 12.8 Å². The lowest BCUT2D eigenvalue weighted by atomic mass is 10.0. The van der Waals surface area contributed by atoms with Crippen molar-refractivity contribution >= 4 is 11.9 Å². The maximum atomic E-state index is 11.6. The molecule has 17 heavy (non-hydrogen) atoms. The van der Waals surface area contributed by atoms with E-state index >= 15 is 0 Å². The predicted octanol–water partition coefficient (Wildman–Crippen LogP) is 1.17. The second-order valence-electron chi connectivity index (χ2n) is 4.35. The van der Waals surface area contributed by atoms with Crippen LogP contribution < -0.4 is 5.32 Å². The molecule has 0 spiro atoms. The second-order valence-corrected chi connectivity index (χ2v) is 4.35. The fraction of sp³-hybridized carbons (Fsp3) is 0.833. The van der Waals surface area contributed by atoms with Crippen LogP contribution >= 0.6 is 0 Å². The Bertz CT molecular complexity index is 267. The number of hydrogen-bond donors (Lipinski definition) is 2. The molecule has 0 aromatic rings. The lowest BCUT2D eigenvalue weighted by Gasteiger charge is -2.17. The van der Waals surface area contributed by atoms with Gasteiger partial charge >= 0.3 is 5.97 Å². The Morgan fingerprint density at radius 3 is 2.82 bits per heavy atom. The number of rotatable bonds is 7. The molecule has 0 aliphatic heterocycles. The van der Waals surface area contributed by atoms with E-state index in [9.17, 15) is 9.59 Å². The number of carboxylic acid groups (broad SMARTS) is 1. The molecular formula is C12H21NO4. The fourth-order valence-corrected chi connectivity index (χ4v) is 2.19. The van der Waals surface area contributed by atoms with Gasteiger partial charge in [0.2, 0.25) is 5.91 Å². The first-order valence-corrected chi connectivity index (χ1v) is 6.25. The van der Waals surface area contributed by atoms with Crippen LogP contribution in [0.4, 0.5) is 0 Å². The summed E-state index contributed by atoms with van der Waals surface area (Å²) >= 11 is 0. The van der Waals surface area contributed by atoms with E-state index in [-0.39, 0.29) is 11.9 Å². The van der Waals surface area contributed by atoms with E-state index in [4.69, 9.17) is 9.84 Å². The van der Waals surface area contributed by atoms with Crippen LogP contribution in [-0.2, 0) is 14.3 Å². The topological polar surface area (TPSA) is 75.6 Å². The molecule has 1 amide bonds.